The molecule has 1 aliphatic heterocycles. The van der Waals surface area contributed by atoms with Crippen LogP contribution in [0.25, 0.3) is 0 Å². The third-order valence-electron chi connectivity index (χ3n) is 4.86. The number of hydrogen-bond donors (Lipinski definition) is 3. The standard InChI is InChI=1S/C21H23N3O4/c25-19(22-17-6-8-18(9-7-17)23-21(27)28)20(26)24-12-10-16(11-13-24)14-15-4-2-1-3-5-15/h1-9,16,23H,10-14H2,(H,22,25)(H,27,28). The predicted molar refractivity (Wildman–Crippen MR) is 106 cm³/mol. The first-order valence-electron chi connectivity index (χ1n) is 9.25. The molecule has 1 saturated heterocycles. The van der Waals surface area contributed by atoms with Crippen molar-refractivity contribution in [1.82, 2.24) is 4.90 Å². The highest BCUT2D eigenvalue weighted by molar-refractivity contribution is 6.39. The number of amides is 3. The maximum atomic E-state index is 12.4. The van der Waals surface area contributed by atoms with Crippen LogP contribution in [0.5, 0.6) is 0 Å². The van der Waals surface area contributed by atoms with Gasteiger partial charge >= 0.3 is 17.9 Å². The third kappa shape index (κ3) is 5.33. The minimum absolute atomic E-state index is 0.386. The van der Waals surface area contributed by atoms with Crippen molar-refractivity contribution >= 4 is 29.3 Å². The monoisotopic (exact) mass is 381 g/mol. The minimum Gasteiger partial charge on any atom is -0.465 e. The number of carbonyl (C=O) groups excluding carboxylic acids is 2. The zero-order chi connectivity index (χ0) is 19.9. The molecule has 3 amide bonds. The molecule has 0 saturated carbocycles. The summed E-state index contributed by atoms with van der Waals surface area (Å²) in [7, 11) is 0. The van der Waals surface area contributed by atoms with E-state index in [1.54, 1.807) is 17.0 Å². The number of nitrogens with one attached hydrogen (secondary N) is 2. The number of anilines is 2. The van der Waals surface area contributed by atoms with E-state index in [9.17, 15) is 14.4 Å². The number of carbonyl (C=O) groups is 3. The van der Waals surface area contributed by atoms with E-state index in [2.05, 4.69) is 22.8 Å². The molecule has 28 heavy (non-hydrogen) atoms. The zero-order valence-corrected chi connectivity index (χ0v) is 15.4. The van der Waals surface area contributed by atoms with Crippen molar-refractivity contribution in [2.45, 2.75) is 19.3 Å². The van der Waals surface area contributed by atoms with E-state index in [4.69, 9.17) is 5.11 Å². The Morgan fingerprint density at radius 3 is 2.04 bits per heavy atom. The molecule has 0 unspecified atom stereocenters. The molecule has 7 heteroatoms. The quantitative estimate of drug-likeness (QED) is 0.708. The SMILES string of the molecule is O=C(O)Nc1ccc(NC(=O)C(=O)N2CCC(Cc3ccccc3)CC2)cc1. The average molecular weight is 381 g/mol. The molecule has 0 bridgehead atoms. The fourth-order valence-corrected chi connectivity index (χ4v) is 3.38. The summed E-state index contributed by atoms with van der Waals surface area (Å²) in [5.41, 5.74) is 2.12. The number of benzene rings is 2. The molecule has 0 atom stereocenters. The van der Waals surface area contributed by atoms with Crippen molar-refractivity contribution in [2.24, 2.45) is 5.92 Å². The van der Waals surface area contributed by atoms with Crippen molar-refractivity contribution < 1.29 is 19.5 Å². The highest BCUT2D eigenvalue weighted by Gasteiger charge is 2.27. The van der Waals surface area contributed by atoms with Crippen LogP contribution in [0, 0.1) is 5.92 Å². The first-order valence-corrected chi connectivity index (χ1v) is 9.25. The lowest BCUT2D eigenvalue weighted by atomic mass is 9.90. The van der Waals surface area contributed by atoms with Gasteiger partial charge in [-0.3, -0.25) is 14.9 Å². The van der Waals surface area contributed by atoms with Crippen LogP contribution in [0.4, 0.5) is 16.2 Å². The largest absolute Gasteiger partial charge is 0.465 e. The Kier molecular flexibility index (Phi) is 6.26. The van der Waals surface area contributed by atoms with Gasteiger partial charge in [0.2, 0.25) is 0 Å². The second-order valence-electron chi connectivity index (χ2n) is 6.89. The van der Waals surface area contributed by atoms with E-state index in [1.165, 1.54) is 17.7 Å². The molecule has 2 aromatic carbocycles. The van der Waals surface area contributed by atoms with Crippen LogP contribution in [-0.2, 0) is 16.0 Å². The molecule has 2 aromatic rings. The van der Waals surface area contributed by atoms with Gasteiger partial charge in [-0.2, -0.15) is 0 Å². The Hall–Kier alpha value is -3.35. The fraction of sp³-hybridized carbons (Fsp3) is 0.286. The van der Waals surface area contributed by atoms with Crippen LogP contribution in [0.2, 0.25) is 0 Å². The molecule has 146 valence electrons. The average Bonchev–Trinajstić information content (AvgIpc) is 2.70. The van der Waals surface area contributed by atoms with Crippen molar-refractivity contribution in [3.63, 3.8) is 0 Å². The van der Waals surface area contributed by atoms with Gasteiger partial charge in [-0.1, -0.05) is 30.3 Å². The summed E-state index contributed by atoms with van der Waals surface area (Å²) in [4.78, 5) is 36.8. The van der Waals surface area contributed by atoms with Crippen molar-refractivity contribution in [2.75, 3.05) is 23.7 Å². The van der Waals surface area contributed by atoms with E-state index < -0.39 is 17.9 Å². The second-order valence-corrected chi connectivity index (χ2v) is 6.89. The third-order valence-corrected chi connectivity index (χ3v) is 4.86. The summed E-state index contributed by atoms with van der Waals surface area (Å²) in [6, 6.07) is 16.4. The maximum Gasteiger partial charge on any atom is 0.409 e. The molecular formula is C21H23N3O4. The molecule has 0 aromatic heterocycles. The summed E-state index contributed by atoms with van der Waals surface area (Å²) < 4.78 is 0. The summed E-state index contributed by atoms with van der Waals surface area (Å²) in [6.45, 7) is 1.15. The predicted octanol–water partition coefficient (Wildman–Crippen LogP) is 3.20. The number of rotatable bonds is 4. The highest BCUT2D eigenvalue weighted by atomic mass is 16.4. The van der Waals surface area contributed by atoms with E-state index in [1.807, 2.05) is 18.2 Å². The van der Waals surface area contributed by atoms with Crippen LogP contribution in [0.15, 0.2) is 54.6 Å². The Morgan fingerprint density at radius 1 is 0.893 bits per heavy atom. The van der Waals surface area contributed by atoms with Gasteiger partial charge in [0.15, 0.2) is 0 Å². The summed E-state index contributed by atoms with van der Waals surface area (Å²) in [5.74, 6) is -0.699. The normalized spacial score (nSPS) is 14.4. The lowest BCUT2D eigenvalue weighted by Gasteiger charge is -2.31. The van der Waals surface area contributed by atoms with Crippen molar-refractivity contribution in [1.29, 1.82) is 0 Å². The van der Waals surface area contributed by atoms with E-state index in [-0.39, 0.29) is 0 Å². The van der Waals surface area contributed by atoms with Crippen LogP contribution < -0.4 is 10.6 Å². The smallest absolute Gasteiger partial charge is 0.409 e. The van der Waals surface area contributed by atoms with Crippen molar-refractivity contribution in [3.05, 3.63) is 60.2 Å². The molecule has 0 spiro atoms. The van der Waals surface area contributed by atoms with Crippen LogP contribution in [0.3, 0.4) is 0 Å². The second kappa shape index (κ2) is 9.03. The Labute approximate surface area is 163 Å². The van der Waals surface area contributed by atoms with Gasteiger partial charge in [0, 0.05) is 24.5 Å². The lowest BCUT2D eigenvalue weighted by Crippen LogP contribution is -2.44. The number of nitrogens with zero attached hydrogens (tertiary/aromatic N) is 1. The number of likely N-dealkylation sites (tertiary alicyclic amines) is 1. The number of carboxylic acid groups (broad SMARTS) is 1. The molecule has 3 rings (SSSR count). The fourth-order valence-electron chi connectivity index (χ4n) is 3.38. The maximum absolute atomic E-state index is 12.4. The van der Waals surface area contributed by atoms with E-state index in [0.717, 1.165) is 19.3 Å². The van der Waals surface area contributed by atoms with Gasteiger partial charge in [0.25, 0.3) is 0 Å². The summed E-state index contributed by atoms with van der Waals surface area (Å²) in [5, 5.41) is 13.4. The van der Waals surface area contributed by atoms with Crippen LogP contribution in [0.1, 0.15) is 18.4 Å². The van der Waals surface area contributed by atoms with Crippen LogP contribution in [-0.4, -0.2) is 41.0 Å². The molecule has 1 aliphatic rings. The van der Waals surface area contributed by atoms with Gasteiger partial charge in [0.1, 0.15) is 0 Å². The minimum atomic E-state index is -1.16. The molecule has 0 aliphatic carbocycles. The first kappa shape index (κ1) is 19.4. The highest BCUT2D eigenvalue weighted by Crippen LogP contribution is 2.22. The van der Waals surface area contributed by atoms with Crippen molar-refractivity contribution in [3.8, 4) is 0 Å². The molecular weight excluding hydrogens is 358 g/mol. The number of hydrogen-bond acceptors (Lipinski definition) is 3. The Morgan fingerprint density at radius 2 is 1.46 bits per heavy atom. The zero-order valence-electron chi connectivity index (χ0n) is 15.4. The molecule has 7 nitrogen and oxygen atoms in total. The van der Waals surface area contributed by atoms with Crippen LogP contribution >= 0.6 is 0 Å². The van der Waals surface area contributed by atoms with Gasteiger partial charge in [-0.05, 0) is 55.0 Å². The van der Waals surface area contributed by atoms with Gasteiger partial charge < -0.3 is 15.3 Å². The van der Waals surface area contributed by atoms with Gasteiger partial charge in [-0.15, -0.1) is 0 Å². The first-order chi connectivity index (χ1) is 13.5. The Bertz CT molecular complexity index is 828. The van der Waals surface area contributed by atoms with E-state index >= 15 is 0 Å². The summed E-state index contributed by atoms with van der Waals surface area (Å²) >= 11 is 0. The molecule has 3 N–H and O–H groups in total. The lowest BCUT2D eigenvalue weighted by molar-refractivity contribution is -0.144. The van der Waals surface area contributed by atoms with Gasteiger partial charge in [0.05, 0.1) is 0 Å². The molecule has 0 radical (unpaired) electrons. The topological polar surface area (TPSA) is 98.7 Å². The van der Waals surface area contributed by atoms with E-state index in [0.29, 0.717) is 30.4 Å². The number of piperidine rings is 1. The van der Waals surface area contributed by atoms with Gasteiger partial charge in [-0.25, -0.2) is 4.79 Å². The Balaban J connectivity index is 1.47. The molecule has 1 heterocycles. The summed E-state index contributed by atoms with van der Waals surface area (Å²) in [6.07, 6.45) is 1.58. The molecule has 1 fully saturated rings.